The molecule has 0 N–H and O–H groups in total. The van der Waals surface area contributed by atoms with Crippen LogP contribution in [-0.2, 0) is 0 Å². The third kappa shape index (κ3) is 3.27. The monoisotopic (exact) mass is 371 g/mol. The van der Waals surface area contributed by atoms with Crippen LogP contribution in [-0.4, -0.2) is 52.6 Å². The molecule has 6 heteroatoms. The number of piperidine rings is 1. The van der Waals surface area contributed by atoms with E-state index >= 15 is 0 Å². The van der Waals surface area contributed by atoms with Crippen LogP contribution in [0.1, 0.15) is 49.6 Å². The number of aromatic nitrogens is 1. The van der Waals surface area contributed by atoms with Crippen LogP contribution in [0.5, 0.6) is 0 Å². The van der Waals surface area contributed by atoms with Crippen molar-refractivity contribution in [3.63, 3.8) is 0 Å². The zero-order valence-electron chi connectivity index (χ0n) is 15.9. The number of likely N-dealkylation sites (tertiary alicyclic amines) is 2. The van der Waals surface area contributed by atoms with Crippen LogP contribution >= 0.6 is 0 Å². The second-order valence-electron chi connectivity index (χ2n) is 7.98. The van der Waals surface area contributed by atoms with Crippen LogP contribution < -0.4 is 0 Å². The Labute approximate surface area is 159 Å². The average Bonchev–Trinajstić information content (AvgIpc) is 3.10. The van der Waals surface area contributed by atoms with Crippen LogP contribution in [0, 0.1) is 5.82 Å². The minimum Gasteiger partial charge on any atom is -0.350 e. The number of hydrogen-bond acceptors (Lipinski definition) is 4. The van der Waals surface area contributed by atoms with Crippen molar-refractivity contribution < 1.29 is 13.7 Å². The lowest BCUT2D eigenvalue weighted by atomic mass is 9.80. The molecular formula is C21H26FN3O2. The predicted octanol–water partition coefficient (Wildman–Crippen LogP) is 3.96. The van der Waals surface area contributed by atoms with Gasteiger partial charge < -0.3 is 9.42 Å². The minimum absolute atomic E-state index is 0.00415. The van der Waals surface area contributed by atoms with E-state index < -0.39 is 0 Å². The standard InChI is InChI=1S/C21H26FN3O2/c1-21-10-6-12-25(19(21)9-3-4-11-24(21)2)20(26)18-14-17(23-27-18)15-7-5-8-16(22)13-15/h5,7-8,13-14,19H,3-4,6,9-12H2,1-2H3/t19-,21-/m0/s1. The first-order valence-corrected chi connectivity index (χ1v) is 9.74. The highest BCUT2D eigenvalue weighted by molar-refractivity contribution is 5.92. The molecule has 0 aliphatic carbocycles. The molecule has 1 aromatic heterocycles. The number of rotatable bonds is 2. The minimum atomic E-state index is -0.336. The summed E-state index contributed by atoms with van der Waals surface area (Å²) in [6.45, 7) is 4.09. The van der Waals surface area contributed by atoms with Crippen LogP contribution in [0.2, 0.25) is 0 Å². The smallest absolute Gasteiger partial charge is 0.292 e. The molecule has 2 aliphatic heterocycles. The molecule has 27 heavy (non-hydrogen) atoms. The molecule has 2 fully saturated rings. The van der Waals surface area contributed by atoms with E-state index in [0.29, 0.717) is 11.3 Å². The third-order valence-corrected chi connectivity index (χ3v) is 6.37. The zero-order chi connectivity index (χ0) is 19.0. The summed E-state index contributed by atoms with van der Waals surface area (Å²) in [4.78, 5) is 17.6. The molecule has 1 aromatic carbocycles. The summed E-state index contributed by atoms with van der Waals surface area (Å²) in [5.74, 6) is -0.224. The first kappa shape index (κ1) is 18.2. The molecule has 0 bridgehead atoms. The van der Waals surface area contributed by atoms with Crippen molar-refractivity contribution in [3.8, 4) is 11.3 Å². The Hall–Kier alpha value is -2.21. The molecular weight excluding hydrogens is 345 g/mol. The van der Waals surface area contributed by atoms with E-state index in [1.165, 1.54) is 12.1 Å². The van der Waals surface area contributed by atoms with Gasteiger partial charge in [0.2, 0.25) is 5.76 Å². The van der Waals surface area contributed by atoms with Crippen molar-refractivity contribution >= 4 is 5.91 Å². The molecule has 5 nitrogen and oxygen atoms in total. The number of halogens is 1. The number of carbonyl (C=O) groups excluding carboxylic acids is 1. The number of likely N-dealkylation sites (N-methyl/N-ethyl adjacent to an activating group) is 1. The number of amides is 1. The van der Waals surface area contributed by atoms with Gasteiger partial charge in [-0.25, -0.2) is 4.39 Å². The van der Waals surface area contributed by atoms with Crippen LogP contribution in [0.4, 0.5) is 4.39 Å². The van der Waals surface area contributed by atoms with Gasteiger partial charge in [-0.05, 0) is 58.3 Å². The van der Waals surface area contributed by atoms with E-state index in [4.69, 9.17) is 4.52 Å². The number of benzene rings is 1. The van der Waals surface area contributed by atoms with Crippen molar-refractivity contribution in [3.05, 3.63) is 41.9 Å². The molecule has 2 saturated heterocycles. The van der Waals surface area contributed by atoms with Gasteiger partial charge in [-0.15, -0.1) is 0 Å². The van der Waals surface area contributed by atoms with Crippen molar-refractivity contribution in [2.75, 3.05) is 20.1 Å². The SMILES string of the molecule is CN1CCCC[C@@H]2N(C(=O)c3cc(-c4cccc(F)c4)no3)CCC[C@@]21C. The summed E-state index contributed by atoms with van der Waals surface area (Å²) in [5, 5.41) is 4.00. The molecule has 0 unspecified atom stereocenters. The van der Waals surface area contributed by atoms with Gasteiger partial charge in [-0.3, -0.25) is 9.69 Å². The maximum absolute atomic E-state index is 13.5. The second-order valence-corrected chi connectivity index (χ2v) is 7.98. The summed E-state index contributed by atoms with van der Waals surface area (Å²) in [6, 6.07) is 7.96. The normalized spacial score (nSPS) is 26.5. The number of carbonyl (C=O) groups is 1. The Morgan fingerprint density at radius 3 is 2.93 bits per heavy atom. The highest BCUT2D eigenvalue weighted by Crippen LogP contribution is 2.38. The van der Waals surface area contributed by atoms with Crippen molar-refractivity contribution in [1.29, 1.82) is 0 Å². The van der Waals surface area contributed by atoms with Crippen LogP contribution in [0.15, 0.2) is 34.9 Å². The van der Waals surface area contributed by atoms with Crippen LogP contribution in [0.25, 0.3) is 11.3 Å². The molecule has 0 spiro atoms. The molecule has 1 amide bonds. The van der Waals surface area contributed by atoms with Crippen molar-refractivity contribution in [2.45, 2.75) is 50.6 Å². The maximum atomic E-state index is 13.5. The third-order valence-electron chi connectivity index (χ3n) is 6.37. The van der Waals surface area contributed by atoms with Gasteiger partial charge >= 0.3 is 0 Å². The van der Waals surface area contributed by atoms with Gasteiger partial charge in [0.1, 0.15) is 11.5 Å². The summed E-state index contributed by atoms with van der Waals surface area (Å²) >= 11 is 0. The fourth-order valence-electron chi connectivity index (χ4n) is 4.66. The van der Waals surface area contributed by atoms with Crippen molar-refractivity contribution in [1.82, 2.24) is 15.0 Å². The molecule has 4 rings (SSSR count). The quantitative estimate of drug-likeness (QED) is 0.802. The van der Waals surface area contributed by atoms with Gasteiger partial charge in [0.25, 0.3) is 5.91 Å². The first-order chi connectivity index (χ1) is 13.0. The molecule has 0 saturated carbocycles. The fraction of sp³-hybridized carbons (Fsp3) is 0.524. The van der Waals surface area contributed by atoms with Gasteiger partial charge in [-0.1, -0.05) is 23.7 Å². The highest BCUT2D eigenvalue weighted by atomic mass is 19.1. The topological polar surface area (TPSA) is 49.6 Å². The van der Waals surface area contributed by atoms with E-state index in [9.17, 15) is 9.18 Å². The van der Waals surface area contributed by atoms with Crippen molar-refractivity contribution in [2.24, 2.45) is 0 Å². The van der Waals surface area contributed by atoms with Crippen LogP contribution in [0.3, 0.4) is 0 Å². The van der Waals surface area contributed by atoms with Gasteiger partial charge in [0.05, 0.1) is 6.04 Å². The molecule has 3 heterocycles. The highest BCUT2D eigenvalue weighted by Gasteiger charge is 2.46. The Bertz CT molecular complexity index is 836. The summed E-state index contributed by atoms with van der Waals surface area (Å²) in [5.41, 5.74) is 1.08. The lowest BCUT2D eigenvalue weighted by Gasteiger charge is -2.51. The summed E-state index contributed by atoms with van der Waals surface area (Å²) < 4.78 is 18.8. The largest absolute Gasteiger partial charge is 0.350 e. The lowest BCUT2D eigenvalue weighted by molar-refractivity contribution is -0.00526. The Kier molecular flexibility index (Phi) is 4.76. The molecule has 2 atom stereocenters. The average molecular weight is 371 g/mol. The Morgan fingerprint density at radius 1 is 1.26 bits per heavy atom. The molecule has 144 valence electrons. The van der Waals surface area contributed by atoms with E-state index in [1.54, 1.807) is 18.2 Å². The van der Waals surface area contributed by atoms with Gasteiger partial charge in [0.15, 0.2) is 0 Å². The second kappa shape index (κ2) is 7.08. The summed E-state index contributed by atoms with van der Waals surface area (Å²) in [6.07, 6.45) is 5.38. The Balaban J connectivity index is 1.60. The molecule has 2 aromatic rings. The van der Waals surface area contributed by atoms with E-state index in [2.05, 4.69) is 24.0 Å². The fourth-order valence-corrected chi connectivity index (χ4v) is 4.66. The number of fused-ring (bicyclic) bond motifs is 1. The maximum Gasteiger partial charge on any atom is 0.292 e. The van der Waals surface area contributed by atoms with Gasteiger partial charge in [-0.2, -0.15) is 0 Å². The van der Waals surface area contributed by atoms with E-state index in [-0.39, 0.29) is 29.1 Å². The van der Waals surface area contributed by atoms with Gasteiger partial charge in [0, 0.05) is 23.7 Å². The summed E-state index contributed by atoms with van der Waals surface area (Å²) in [7, 11) is 2.17. The number of hydrogen-bond donors (Lipinski definition) is 0. The van der Waals surface area contributed by atoms with E-state index in [0.717, 1.165) is 45.2 Å². The predicted molar refractivity (Wildman–Crippen MR) is 101 cm³/mol. The molecule has 0 radical (unpaired) electrons. The molecule has 2 aliphatic rings. The van der Waals surface area contributed by atoms with E-state index in [1.807, 2.05) is 4.90 Å². The first-order valence-electron chi connectivity index (χ1n) is 9.74. The Morgan fingerprint density at radius 2 is 2.11 bits per heavy atom. The number of nitrogens with zero attached hydrogens (tertiary/aromatic N) is 3. The zero-order valence-corrected chi connectivity index (χ0v) is 15.9. The lowest BCUT2D eigenvalue weighted by Crippen LogP contribution is -2.63.